The molecule has 31 heavy (non-hydrogen) atoms. The van der Waals surface area contributed by atoms with Crippen LogP contribution >= 0.6 is 0 Å². The molecule has 0 saturated carbocycles. The third-order valence-corrected chi connectivity index (χ3v) is 4.61. The fourth-order valence-corrected chi connectivity index (χ4v) is 3.05. The number of nitrogens with one attached hydrogen (secondary N) is 1. The number of amides is 1. The van der Waals surface area contributed by atoms with E-state index < -0.39 is 5.91 Å². The van der Waals surface area contributed by atoms with Crippen molar-refractivity contribution in [2.24, 2.45) is 0 Å². The number of hydrogen-bond donors (Lipinski definition) is 1. The van der Waals surface area contributed by atoms with E-state index in [0.29, 0.717) is 29.4 Å². The number of carbonyl (C=O) groups excluding carboxylic acids is 1. The van der Waals surface area contributed by atoms with Crippen LogP contribution in [0.3, 0.4) is 0 Å². The van der Waals surface area contributed by atoms with Crippen molar-refractivity contribution in [3.8, 4) is 22.8 Å². The molecule has 4 rings (SSSR count). The third kappa shape index (κ3) is 4.61. The van der Waals surface area contributed by atoms with Gasteiger partial charge in [0.2, 0.25) is 5.82 Å². The van der Waals surface area contributed by atoms with E-state index in [-0.39, 0.29) is 11.6 Å². The van der Waals surface area contributed by atoms with Crippen molar-refractivity contribution in [1.82, 2.24) is 14.8 Å². The molecule has 3 aromatic carbocycles. The lowest BCUT2D eigenvalue weighted by atomic mass is 10.2. The first-order chi connectivity index (χ1) is 15.0. The van der Waals surface area contributed by atoms with Crippen molar-refractivity contribution in [2.75, 3.05) is 11.9 Å². The predicted octanol–water partition coefficient (Wildman–Crippen LogP) is 5.03. The van der Waals surface area contributed by atoms with Crippen LogP contribution in [0.2, 0.25) is 0 Å². The molecule has 6 nitrogen and oxygen atoms in total. The molecule has 156 valence electrons. The number of carbonyl (C=O) groups is 1. The molecule has 0 aliphatic rings. The van der Waals surface area contributed by atoms with Gasteiger partial charge in [0.25, 0.3) is 5.91 Å². The van der Waals surface area contributed by atoms with Crippen LogP contribution in [0, 0.1) is 12.7 Å². The number of aromatic nitrogens is 3. The lowest BCUT2D eigenvalue weighted by Gasteiger charge is -2.08. The summed E-state index contributed by atoms with van der Waals surface area (Å²) >= 11 is 0. The number of hydrogen-bond acceptors (Lipinski definition) is 4. The Balaban J connectivity index is 1.71. The fourth-order valence-electron chi connectivity index (χ4n) is 3.05. The van der Waals surface area contributed by atoms with Gasteiger partial charge in [-0.05, 0) is 74.5 Å². The summed E-state index contributed by atoms with van der Waals surface area (Å²) in [6.07, 6.45) is 0. The molecule has 1 N–H and O–H groups in total. The van der Waals surface area contributed by atoms with Crippen molar-refractivity contribution in [3.05, 3.63) is 90.0 Å². The van der Waals surface area contributed by atoms with Gasteiger partial charge in [0.1, 0.15) is 11.6 Å². The van der Waals surface area contributed by atoms with Gasteiger partial charge in [-0.25, -0.2) is 14.1 Å². The van der Waals surface area contributed by atoms with E-state index in [1.165, 1.54) is 12.1 Å². The summed E-state index contributed by atoms with van der Waals surface area (Å²) in [6.45, 7) is 4.45. The highest BCUT2D eigenvalue weighted by Crippen LogP contribution is 2.23. The Hall–Kier alpha value is -4.00. The standard InChI is InChI=1S/C24H21FN4O2/c1-3-31-21-14-12-20(13-15-21)29-23(17-6-8-18(25)9-7-17)27-22(28-29)24(30)26-19-10-4-16(2)5-11-19/h4-15H,3H2,1-2H3,(H,26,30). The highest BCUT2D eigenvalue weighted by molar-refractivity contribution is 6.01. The summed E-state index contributed by atoms with van der Waals surface area (Å²) in [5.41, 5.74) is 3.08. The Morgan fingerprint density at radius 1 is 1.00 bits per heavy atom. The average molecular weight is 416 g/mol. The first-order valence-corrected chi connectivity index (χ1v) is 9.88. The van der Waals surface area contributed by atoms with Gasteiger partial charge in [-0.3, -0.25) is 4.79 Å². The lowest BCUT2D eigenvalue weighted by molar-refractivity contribution is 0.101. The summed E-state index contributed by atoms with van der Waals surface area (Å²) in [4.78, 5) is 17.2. The van der Waals surface area contributed by atoms with Crippen LogP contribution in [-0.2, 0) is 0 Å². The zero-order valence-electron chi connectivity index (χ0n) is 17.2. The van der Waals surface area contributed by atoms with Gasteiger partial charge in [-0.2, -0.15) is 0 Å². The van der Waals surface area contributed by atoms with E-state index in [1.54, 1.807) is 16.8 Å². The summed E-state index contributed by atoms with van der Waals surface area (Å²) in [6, 6.07) is 20.6. The zero-order valence-corrected chi connectivity index (χ0v) is 17.2. The minimum Gasteiger partial charge on any atom is -0.494 e. The maximum absolute atomic E-state index is 13.4. The molecule has 0 aliphatic heterocycles. The van der Waals surface area contributed by atoms with E-state index in [9.17, 15) is 9.18 Å². The van der Waals surface area contributed by atoms with Gasteiger partial charge in [-0.1, -0.05) is 17.7 Å². The molecule has 4 aromatic rings. The molecule has 0 atom stereocenters. The molecule has 0 unspecified atom stereocenters. The van der Waals surface area contributed by atoms with Gasteiger partial charge < -0.3 is 10.1 Å². The summed E-state index contributed by atoms with van der Waals surface area (Å²) < 4.78 is 20.5. The Morgan fingerprint density at radius 2 is 1.68 bits per heavy atom. The smallest absolute Gasteiger partial charge is 0.295 e. The lowest BCUT2D eigenvalue weighted by Crippen LogP contribution is -2.14. The zero-order chi connectivity index (χ0) is 21.8. The highest BCUT2D eigenvalue weighted by Gasteiger charge is 2.19. The second-order valence-electron chi connectivity index (χ2n) is 6.92. The SMILES string of the molecule is CCOc1ccc(-n2nc(C(=O)Nc3ccc(C)cc3)nc2-c2ccc(F)cc2)cc1. The Labute approximate surface area is 179 Å². The average Bonchev–Trinajstić information content (AvgIpc) is 3.22. The summed E-state index contributed by atoms with van der Waals surface area (Å²) in [5.74, 6) is 0.379. The van der Waals surface area contributed by atoms with E-state index >= 15 is 0 Å². The van der Waals surface area contributed by atoms with Crippen molar-refractivity contribution in [1.29, 1.82) is 0 Å². The van der Waals surface area contributed by atoms with Gasteiger partial charge in [0, 0.05) is 11.3 Å². The van der Waals surface area contributed by atoms with E-state index in [0.717, 1.165) is 11.3 Å². The Bertz CT molecular complexity index is 1180. The topological polar surface area (TPSA) is 69.0 Å². The molecular weight excluding hydrogens is 395 g/mol. The maximum atomic E-state index is 13.4. The third-order valence-electron chi connectivity index (χ3n) is 4.61. The van der Waals surface area contributed by atoms with E-state index in [4.69, 9.17) is 4.74 Å². The molecule has 1 heterocycles. The molecule has 0 radical (unpaired) electrons. The molecule has 0 saturated heterocycles. The molecule has 0 aliphatic carbocycles. The Morgan fingerprint density at radius 3 is 2.32 bits per heavy atom. The number of aryl methyl sites for hydroxylation is 1. The Kier molecular flexibility index (Phi) is 5.75. The van der Waals surface area contributed by atoms with Crippen LogP contribution in [0.4, 0.5) is 10.1 Å². The van der Waals surface area contributed by atoms with Gasteiger partial charge in [0.15, 0.2) is 5.82 Å². The monoisotopic (exact) mass is 416 g/mol. The summed E-state index contributed by atoms with van der Waals surface area (Å²) in [5, 5.41) is 7.23. The number of nitrogens with zero attached hydrogens (tertiary/aromatic N) is 3. The van der Waals surface area contributed by atoms with E-state index in [2.05, 4.69) is 15.4 Å². The molecule has 0 bridgehead atoms. The number of rotatable bonds is 6. The first kappa shape index (κ1) is 20.3. The largest absolute Gasteiger partial charge is 0.494 e. The fraction of sp³-hybridized carbons (Fsp3) is 0.125. The second-order valence-corrected chi connectivity index (χ2v) is 6.92. The van der Waals surface area contributed by atoms with Gasteiger partial charge >= 0.3 is 0 Å². The van der Waals surface area contributed by atoms with Crippen LogP contribution in [0.1, 0.15) is 23.1 Å². The number of benzene rings is 3. The maximum Gasteiger partial charge on any atom is 0.295 e. The molecule has 0 fully saturated rings. The minimum atomic E-state index is -0.433. The van der Waals surface area contributed by atoms with Gasteiger partial charge in [-0.15, -0.1) is 5.10 Å². The quantitative estimate of drug-likeness (QED) is 0.479. The predicted molar refractivity (Wildman–Crippen MR) is 117 cm³/mol. The van der Waals surface area contributed by atoms with Crippen LogP contribution < -0.4 is 10.1 Å². The van der Waals surface area contributed by atoms with Crippen molar-refractivity contribution in [3.63, 3.8) is 0 Å². The van der Waals surface area contributed by atoms with E-state index in [1.807, 2.05) is 62.4 Å². The first-order valence-electron chi connectivity index (χ1n) is 9.88. The van der Waals surface area contributed by atoms with Crippen molar-refractivity contribution < 1.29 is 13.9 Å². The molecule has 1 aromatic heterocycles. The molecular formula is C24H21FN4O2. The molecule has 1 amide bonds. The normalized spacial score (nSPS) is 10.7. The second kappa shape index (κ2) is 8.79. The van der Waals surface area contributed by atoms with Crippen LogP contribution in [-0.4, -0.2) is 27.3 Å². The highest BCUT2D eigenvalue weighted by atomic mass is 19.1. The van der Waals surface area contributed by atoms with Crippen LogP contribution in [0.15, 0.2) is 72.8 Å². The number of anilines is 1. The molecule has 7 heteroatoms. The number of halogens is 1. The molecule has 0 spiro atoms. The summed E-state index contributed by atoms with van der Waals surface area (Å²) in [7, 11) is 0. The van der Waals surface area contributed by atoms with Crippen LogP contribution in [0.5, 0.6) is 5.75 Å². The van der Waals surface area contributed by atoms with Crippen molar-refractivity contribution in [2.45, 2.75) is 13.8 Å². The minimum absolute atomic E-state index is 0.00813. The van der Waals surface area contributed by atoms with Crippen LogP contribution in [0.25, 0.3) is 17.1 Å². The number of ether oxygens (including phenoxy) is 1. The van der Waals surface area contributed by atoms with Crippen molar-refractivity contribution >= 4 is 11.6 Å². The van der Waals surface area contributed by atoms with Gasteiger partial charge in [0.05, 0.1) is 12.3 Å².